The first-order valence-electron chi connectivity index (χ1n) is 5.18. The van der Waals surface area contributed by atoms with Gasteiger partial charge in [-0.25, -0.2) is 9.50 Å². The van der Waals surface area contributed by atoms with E-state index in [1.165, 1.54) is 6.20 Å². The highest BCUT2D eigenvalue weighted by Crippen LogP contribution is 2.47. The van der Waals surface area contributed by atoms with Gasteiger partial charge >= 0.3 is 6.18 Å². The van der Waals surface area contributed by atoms with E-state index in [2.05, 4.69) is 15.4 Å². The normalized spacial score (nSPS) is 23.2. The van der Waals surface area contributed by atoms with E-state index < -0.39 is 17.5 Å². The second kappa shape index (κ2) is 3.12. The Morgan fingerprint density at radius 3 is 2.83 bits per heavy atom. The average Bonchev–Trinajstić information content (AvgIpc) is 2.78. The quantitative estimate of drug-likeness (QED) is 0.738. The van der Waals surface area contributed by atoms with Gasteiger partial charge in [0.15, 0.2) is 5.65 Å². The number of aromatic nitrogens is 3. The summed E-state index contributed by atoms with van der Waals surface area (Å²) in [5.41, 5.74) is -1.93. The van der Waals surface area contributed by atoms with Crippen LogP contribution in [0.15, 0.2) is 12.3 Å². The van der Waals surface area contributed by atoms with Gasteiger partial charge in [0.2, 0.25) is 5.95 Å². The number of fused-ring (bicyclic) bond motifs is 3. The molecule has 1 aliphatic rings. The fourth-order valence-electron chi connectivity index (χ4n) is 2.16. The van der Waals surface area contributed by atoms with Crippen molar-refractivity contribution in [1.29, 1.82) is 0 Å². The number of nitrogens with zero attached hydrogens (tertiary/aromatic N) is 3. The van der Waals surface area contributed by atoms with E-state index in [-0.39, 0.29) is 23.6 Å². The Balaban J connectivity index is 2.35. The Morgan fingerprint density at radius 2 is 2.17 bits per heavy atom. The fourth-order valence-corrected chi connectivity index (χ4v) is 2.16. The van der Waals surface area contributed by atoms with Crippen LogP contribution in [-0.2, 0) is 5.41 Å². The van der Waals surface area contributed by atoms with Crippen molar-refractivity contribution >= 4 is 11.3 Å². The number of alkyl halides is 3. The maximum Gasteiger partial charge on any atom is 0.401 e. The summed E-state index contributed by atoms with van der Waals surface area (Å²) in [7, 11) is 0. The summed E-state index contributed by atoms with van der Waals surface area (Å²) in [5, 5.41) is 6.07. The number of nitrogens with one attached hydrogen (secondary N) is 1. The molecule has 0 amide bonds. The minimum Gasteiger partial charge on any atom is -0.381 e. The number of hydrogen-bond donors (Lipinski definition) is 1. The Labute approximate surface area is 98.6 Å². The minimum atomic E-state index is -4.46. The lowest BCUT2D eigenvalue weighted by Crippen LogP contribution is -2.42. The average molecular weight is 260 g/mol. The monoisotopic (exact) mass is 260 g/mol. The van der Waals surface area contributed by atoms with E-state index in [1.807, 2.05) is 0 Å². The summed E-state index contributed by atoms with van der Waals surface area (Å²) in [5.74, 6) is -0.854. The zero-order valence-corrected chi connectivity index (χ0v) is 9.22. The molecule has 3 rings (SSSR count). The highest BCUT2D eigenvalue weighted by molar-refractivity contribution is 5.60. The molecule has 1 unspecified atom stereocenters. The minimum absolute atomic E-state index is 0.0606. The second-order valence-electron chi connectivity index (χ2n) is 4.44. The van der Waals surface area contributed by atoms with Gasteiger partial charge in [0.1, 0.15) is 5.41 Å². The van der Waals surface area contributed by atoms with Gasteiger partial charge < -0.3 is 5.32 Å². The summed E-state index contributed by atoms with van der Waals surface area (Å²) < 4.78 is 53.5. The molecule has 1 N–H and O–H groups in total. The number of halogens is 4. The summed E-state index contributed by atoms with van der Waals surface area (Å²) in [6.07, 6.45) is -3.19. The molecule has 0 bridgehead atoms. The van der Waals surface area contributed by atoms with Crippen LogP contribution in [0.2, 0.25) is 0 Å². The summed E-state index contributed by atoms with van der Waals surface area (Å²) in [6.45, 7) is 0.749. The first-order valence-corrected chi connectivity index (χ1v) is 5.18. The van der Waals surface area contributed by atoms with Crippen molar-refractivity contribution in [2.24, 2.45) is 0 Å². The molecule has 0 saturated heterocycles. The van der Waals surface area contributed by atoms with E-state index in [1.54, 1.807) is 0 Å². The van der Waals surface area contributed by atoms with Gasteiger partial charge in [-0.3, -0.25) is 0 Å². The van der Waals surface area contributed by atoms with Crippen molar-refractivity contribution in [3.63, 3.8) is 0 Å². The molecular formula is C10H8F4N4. The number of anilines is 1. The van der Waals surface area contributed by atoms with Gasteiger partial charge in [-0.1, -0.05) is 0 Å². The fraction of sp³-hybridized carbons (Fsp3) is 0.400. The Hall–Kier alpha value is -1.86. The van der Waals surface area contributed by atoms with Crippen LogP contribution in [0.1, 0.15) is 12.6 Å². The van der Waals surface area contributed by atoms with Gasteiger partial charge in [-0.15, -0.1) is 5.10 Å². The van der Waals surface area contributed by atoms with Crippen molar-refractivity contribution in [3.05, 3.63) is 23.9 Å². The Bertz CT molecular complexity index is 633. The molecule has 1 atom stereocenters. The molecule has 0 saturated carbocycles. The molecule has 18 heavy (non-hydrogen) atoms. The van der Waals surface area contributed by atoms with E-state index in [0.29, 0.717) is 0 Å². The van der Waals surface area contributed by atoms with E-state index in [4.69, 9.17) is 0 Å². The smallest absolute Gasteiger partial charge is 0.381 e. The van der Waals surface area contributed by atoms with Crippen LogP contribution in [0.4, 0.5) is 23.2 Å². The third-order valence-electron chi connectivity index (χ3n) is 3.23. The third-order valence-corrected chi connectivity index (χ3v) is 3.23. The zero-order chi connectivity index (χ0) is 13.1. The summed E-state index contributed by atoms with van der Waals surface area (Å²) in [6, 6.07) is 0.995. The molecule has 0 radical (unpaired) electrons. The Morgan fingerprint density at radius 1 is 1.44 bits per heavy atom. The standard InChI is InChI=1S/C10H8F4N4/c1-9(10(12,13)14)4-16-5-3-15-7-2-6(11)17-18(7)8(5)9/h2-3,16H,4H2,1H3. The van der Waals surface area contributed by atoms with Crippen molar-refractivity contribution in [2.75, 3.05) is 11.9 Å². The van der Waals surface area contributed by atoms with Crippen LogP contribution in [-0.4, -0.2) is 27.3 Å². The van der Waals surface area contributed by atoms with Gasteiger partial charge in [0.25, 0.3) is 0 Å². The maximum absolute atomic E-state index is 13.2. The molecule has 96 valence electrons. The lowest BCUT2D eigenvalue weighted by Gasteiger charge is -2.27. The van der Waals surface area contributed by atoms with Crippen LogP contribution in [0.5, 0.6) is 0 Å². The molecule has 1 aliphatic heterocycles. The first kappa shape index (κ1) is 11.2. The van der Waals surface area contributed by atoms with E-state index in [9.17, 15) is 17.6 Å². The lowest BCUT2D eigenvalue weighted by atomic mass is 9.88. The topological polar surface area (TPSA) is 42.2 Å². The predicted molar refractivity (Wildman–Crippen MR) is 54.8 cm³/mol. The molecule has 0 aliphatic carbocycles. The Kier molecular flexibility index (Phi) is 1.95. The maximum atomic E-state index is 13.2. The molecule has 0 spiro atoms. The van der Waals surface area contributed by atoms with Gasteiger partial charge in [-0.05, 0) is 6.92 Å². The summed E-state index contributed by atoms with van der Waals surface area (Å²) >= 11 is 0. The number of rotatable bonds is 0. The highest BCUT2D eigenvalue weighted by atomic mass is 19.4. The molecule has 8 heteroatoms. The van der Waals surface area contributed by atoms with Crippen molar-refractivity contribution < 1.29 is 17.6 Å². The van der Waals surface area contributed by atoms with Crippen LogP contribution in [0.3, 0.4) is 0 Å². The predicted octanol–water partition coefficient (Wildman–Crippen LogP) is 2.11. The van der Waals surface area contributed by atoms with E-state index in [0.717, 1.165) is 17.5 Å². The van der Waals surface area contributed by atoms with Crippen LogP contribution >= 0.6 is 0 Å². The lowest BCUT2D eigenvalue weighted by molar-refractivity contribution is -0.181. The van der Waals surface area contributed by atoms with E-state index >= 15 is 0 Å². The van der Waals surface area contributed by atoms with Gasteiger partial charge in [-0.2, -0.15) is 17.6 Å². The second-order valence-corrected chi connectivity index (χ2v) is 4.44. The molecule has 4 nitrogen and oxygen atoms in total. The highest BCUT2D eigenvalue weighted by Gasteiger charge is 2.57. The molecule has 0 fully saturated rings. The molecular weight excluding hydrogens is 252 g/mol. The van der Waals surface area contributed by atoms with Gasteiger partial charge in [0.05, 0.1) is 17.6 Å². The zero-order valence-electron chi connectivity index (χ0n) is 9.22. The summed E-state index contributed by atoms with van der Waals surface area (Å²) in [4.78, 5) is 3.85. The van der Waals surface area contributed by atoms with Crippen molar-refractivity contribution in [3.8, 4) is 0 Å². The SMILES string of the molecule is CC1(C(F)(F)F)CNc2cnc3cc(F)nn3c21. The van der Waals surface area contributed by atoms with Crippen LogP contribution in [0.25, 0.3) is 5.65 Å². The van der Waals surface area contributed by atoms with Crippen LogP contribution < -0.4 is 5.32 Å². The van der Waals surface area contributed by atoms with Crippen LogP contribution in [0, 0.1) is 5.95 Å². The molecule has 2 aromatic heterocycles. The largest absolute Gasteiger partial charge is 0.401 e. The molecule has 0 aromatic carbocycles. The first-order chi connectivity index (χ1) is 8.33. The van der Waals surface area contributed by atoms with Gasteiger partial charge in [0, 0.05) is 12.6 Å². The molecule has 2 aromatic rings. The molecule has 3 heterocycles. The van der Waals surface area contributed by atoms with Crippen molar-refractivity contribution in [1.82, 2.24) is 14.6 Å². The third kappa shape index (κ3) is 1.25. The van der Waals surface area contributed by atoms with Crippen molar-refractivity contribution in [2.45, 2.75) is 18.5 Å². The number of hydrogen-bond acceptors (Lipinski definition) is 3.